The molecule has 29 heavy (non-hydrogen) atoms. The van der Waals surface area contributed by atoms with E-state index in [-0.39, 0.29) is 30.3 Å². The smallest absolute Gasteiger partial charge is 0.242 e. The first-order valence-electron chi connectivity index (χ1n) is 10.6. The highest BCUT2D eigenvalue weighted by Gasteiger charge is 2.36. The minimum atomic E-state index is -0.136. The van der Waals surface area contributed by atoms with Crippen LogP contribution >= 0.6 is 0 Å². The third kappa shape index (κ3) is 4.04. The second kappa shape index (κ2) is 8.35. The topological polar surface area (TPSA) is 71.3 Å². The van der Waals surface area contributed by atoms with E-state index >= 15 is 0 Å². The van der Waals surface area contributed by atoms with E-state index in [1.807, 2.05) is 39.9 Å². The first kappa shape index (κ1) is 19.6. The molecule has 2 aliphatic heterocycles. The summed E-state index contributed by atoms with van der Waals surface area (Å²) in [5, 5.41) is 4.69. The number of rotatable bonds is 4. The van der Waals surface area contributed by atoms with Crippen molar-refractivity contribution in [2.75, 3.05) is 19.6 Å². The summed E-state index contributed by atoms with van der Waals surface area (Å²) >= 11 is 0. The average Bonchev–Trinajstić information content (AvgIpc) is 3.06. The second-order valence-electron chi connectivity index (χ2n) is 8.28. The number of amides is 2. The zero-order chi connectivity index (χ0) is 20.4. The molecule has 3 heterocycles. The van der Waals surface area contributed by atoms with E-state index in [1.165, 1.54) is 0 Å². The Kier molecular flexibility index (Phi) is 5.65. The highest BCUT2D eigenvalue weighted by molar-refractivity contribution is 5.85. The molecule has 0 saturated carbocycles. The first-order valence-corrected chi connectivity index (χ1v) is 10.6. The van der Waals surface area contributed by atoms with Crippen LogP contribution in [0.5, 0.6) is 0 Å². The Balaban J connectivity index is 1.57. The number of aromatic nitrogens is 3. The van der Waals surface area contributed by atoms with Crippen LogP contribution < -0.4 is 0 Å². The molecule has 2 amide bonds. The lowest BCUT2D eigenvalue weighted by Gasteiger charge is -2.38. The van der Waals surface area contributed by atoms with Crippen LogP contribution in [0.4, 0.5) is 0 Å². The summed E-state index contributed by atoms with van der Waals surface area (Å²) in [5.41, 5.74) is 0.977. The second-order valence-corrected chi connectivity index (χ2v) is 8.28. The minimum absolute atomic E-state index is 0.00876. The van der Waals surface area contributed by atoms with Crippen molar-refractivity contribution in [3.05, 3.63) is 36.2 Å². The predicted octanol–water partition coefficient (Wildman–Crippen LogP) is 2.89. The maximum absolute atomic E-state index is 13.2. The van der Waals surface area contributed by atoms with Crippen molar-refractivity contribution < 1.29 is 9.59 Å². The Bertz CT molecular complexity index is 877. The van der Waals surface area contributed by atoms with E-state index < -0.39 is 0 Å². The molecule has 0 N–H and O–H groups in total. The van der Waals surface area contributed by atoms with Crippen molar-refractivity contribution >= 4 is 11.8 Å². The minimum Gasteiger partial charge on any atom is -0.333 e. The van der Waals surface area contributed by atoms with Crippen molar-refractivity contribution in [3.63, 3.8) is 0 Å². The molecule has 7 heteroatoms. The van der Waals surface area contributed by atoms with Gasteiger partial charge in [-0.25, -0.2) is 9.67 Å². The maximum atomic E-state index is 13.2. The lowest BCUT2D eigenvalue weighted by Crippen LogP contribution is -2.49. The highest BCUT2D eigenvalue weighted by atomic mass is 16.2. The van der Waals surface area contributed by atoms with Gasteiger partial charge in [0.15, 0.2) is 11.6 Å². The summed E-state index contributed by atoms with van der Waals surface area (Å²) in [7, 11) is 0. The van der Waals surface area contributed by atoms with Gasteiger partial charge in [-0.15, -0.1) is 0 Å². The third-order valence-corrected chi connectivity index (χ3v) is 5.83. The molecule has 2 aliphatic rings. The zero-order valence-electron chi connectivity index (χ0n) is 17.3. The molecule has 1 fully saturated rings. The fourth-order valence-electron chi connectivity index (χ4n) is 4.33. The normalized spacial score (nSPS) is 20.0. The Morgan fingerprint density at radius 2 is 1.90 bits per heavy atom. The lowest BCUT2D eigenvalue weighted by molar-refractivity contribution is -0.143. The van der Waals surface area contributed by atoms with Gasteiger partial charge < -0.3 is 9.80 Å². The molecule has 1 atom stereocenters. The van der Waals surface area contributed by atoms with Crippen molar-refractivity contribution in [2.45, 2.75) is 52.1 Å². The number of nitrogens with zero attached hydrogens (tertiary/aromatic N) is 5. The number of hydrogen-bond donors (Lipinski definition) is 0. The first-order chi connectivity index (χ1) is 14.0. The molecule has 0 radical (unpaired) electrons. The molecule has 2 aromatic rings. The van der Waals surface area contributed by atoms with Gasteiger partial charge in [-0.3, -0.25) is 9.59 Å². The van der Waals surface area contributed by atoms with Crippen LogP contribution in [0.25, 0.3) is 11.4 Å². The Hall–Kier alpha value is -2.70. The fourth-order valence-corrected chi connectivity index (χ4v) is 4.33. The summed E-state index contributed by atoms with van der Waals surface area (Å²) in [6.07, 6.45) is 3.50. The summed E-state index contributed by atoms with van der Waals surface area (Å²) in [4.78, 5) is 34.0. The van der Waals surface area contributed by atoms with Crippen molar-refractivity contribution in [2.24, 2.45) is 5.92 Å². The number of fused-ring (bicyclic) bond motifs is 1. The van der Waals surface area contributed by atoms with Gasteiger partial charge in [-0.1, -0.05) is 50.6 Å². The number of hydrogen-bond acceptors (Lipinski definition) is 4. The fraction of sp³-hybridized carbons (Fsp3) is 0.545. The van der Waals surface area contributed by atoms with Crippen molar-refractivity contribution in [1.82, 2.24) is 24.6 Å². The van der Waals surface area contributed by atoms with E-state index in [1.54, 1.807) is 4.90 Å². The molecule has 1 aromatic heterocycles. The van der Waals surface area contributed by atoms with Gasteiger partial charge in [0.05, 0.1) is 19.1 Å². The van der Waals surface area contributed by atoms with Crippen LogP contribution in [0, 0.1) is 5.92 Å². The Labute approximate surface area is 171 Å². The zero-order valence-corrected chi connectivity index (χ0v) is 17.3. The lowest BCUT2D eigenvalue weighted by atomic mass is 9.99. The van der Waals surface area contributed by atoms with E-state index in [0.717, 1.165) is 30.7 Å². The SMILES string of the molecule is CC(C)[C@H]1c2nc(-c3ccccc3)nn2CCN1C(=O)CN1CCCCCC1=O. The van der Waals surface area contributed by atoms with Crippen molar-refractivity contribution in [1.29, 1.82) is 0 Å². The number of carbonyl (C=O) groups excluding carboxylic acids is 2. The number of benzene rings is 1. The molecule has 0 aliphatic carbocycles. The summed E-state index contributed by atoms with van der Waals surface area (Å²) in [6.45, 7) is 6.27. The molecule has 0 unspecified atom stereocenters. The summed E-state index contributed by atoms with van der Waals surface area (Å²) in [5.74, 6) is 1.84. The number of likely N-dealkylation sites (tertiary alicyclic amines) is 1. The van der Waals surface area contributed by atoms with Crippen LogP contribution in [0.15, 0.2) is 30.3 Å². The van der Waals surface area contributed by atoms with E-state index in [4.69, 9.17) is 10.1 Å². The molecule has 0 bridgehead atoms. The summed E-state index contributed by atoms with van der Waals surface area (Å²) in [6, 6.07) is 9.79. The molecule has 1 aromatic carbocycles. The van der Waals surface area contributed by atoms with Crippen LogP contribution in [0.2, 0.25) is 0 Å². The van der Waals surface area contributed by atoms with Crippen LogP contribution in [-0.4, -0.2) is 56.0 Å². The van der Waals surface area contributed by atoms with Crippen molar-refractivity contribution in [3.8, 4) is 11.4 Å². The Morgan fingerprint density at radius 1 is 1.10 bits per heavy atom. The van der Waals surface area contributed by atoms with Gasteiger partial charge in [0.2, 0.25) is 11.8 Å². The summed E-state index contributed by atoms with van der Waals surface area (Å²) < 4.78 is 1.94. The Morgan fingerprint density at radius 3 is 2.66 bits per heavy atom. The third-order valence-electron chi connectivity index (χ3n) is 5.83. The van der Waals surface area contributed by atoms with E-state index in [0.29, 0.717) is 31.9 Å². The van der Waals surface area contributed by atoms with Gasteiger partial charge in [0, 0.05) is 25.1 Å². The molecular formula is C22H29N5O2. The number of carbonyl (C=O) groups is 2. The highest BCUT2D eigenvalue weighted by Crippen LogP contribution is 2.32. The van der Waals surface area contributed by atoms with Gasteiger partial charge in [-0.05, 0) is 18.8 Å². The van der Waals surface area contributed by atoms with E-state index in [9.17, 15) is 9.59 Å². The standard InChI is InChI=1S/C22H29N5O2/c1-16(2)20-22-23-21(17-9-5-3-6-10-17)24-27(22)14-13-26(20)19(29)15-25-12-8-4-7-11-18(25)28/h3,5-6,9-10,16,20H,4,7-8,11-15H2,1-2H3/t20-/m0/s1. The largest absolute Gasteiger partial charge is 0.333 e. The van der Waals surface area contributed by atoms with Crippen LogP contribution in [-0.2, 0) is 16.1 Å². The van der Waals surface area contributed by atoms with Gasteiger partial charge in [0.25, 0.3) is 0 Å². The van der Waals surface area contributed by atoms with E-state index in [2.05, 4.69) is 13.8 Å². The molecule has 1 saturated heterocycles. The van der Waals surface area contributed by atoms with Gasteiger partial charge >= 0.3 is 0 Å². The molecular weight excluding hydrogens is 366 g/mol. The van der Waals surface area contributed by atoms with Crippen LogP contribution in [0.1, 0.15) is 51.4 Å². The molecule has 154 valence electrons. The molecule has 4 rings (SSSR count). The van der Waals surface area contributed by atoms with Gasteiger partial charge in [-0.2, -0.15) is 5.10 Å². The van der Waals surface area contributed by atoms with Crippen LogP contribution in [0.3, 0.4) is 0 Å². The molecule has 0 spiro atoms. The average molecular weight is 396 g/mol. The predicted molar refractivity (Wildman–Crippen MR) is 110 cm³/mol. The maximum Gasteiger partial charge on any atom is 0.242 e. The van der Waals surface area contributed by atoms with Gasteiger partial charge in [0.1, 0.15) is 0 Å². The quantitative estimate of drug-likeness (QED) is 0.798. The monoisotopic (exact) mass is 395 g/mol. The molecule has 7 nitrogen and oxygen atoms in total.